The highest BCUT2D eigenvalue weighted by molar-refractivity contribution is 7.99. The number of thioether (sulfide) groups is 1. The summed E-state index contributed by atoms with van der Waals surface area (Å²) in [6, 6.07) is 10.7. The van der Waals surface area contributed by atoms with Crippen LogP contribution in [0, 0.1) is 11.3 Å². The average Bonchev–Trinajstić information content (AvgIpc) is 2.77. The van der Waals surface area contributed by atoms with Gasteiger partial charge >= 0.3 is 0 Å². The Morgan fingerprint density at radius 2 is 2.03 bits per heavy atom. The Morgan fingerprint density at radius 3 is 2.78 bits per heavy atom. The highest BCUT2D eigenvalue weighted by Crippen LogP contribution is 2.49. The zero-order valence-corrected chi connectivity index (χ0v) is 19.8. The van der Waals surface area contributed by atoms with Crippen molar-refractivity contribution in [1.82, 2.24) is 9.55 Å². The summed E-state index contributed by atoms with van der Waals surface area (Å²) >= 11 is 1.39. The fourth-order valence-corrected chi connectivity index (χ4v) is 6.86. The molecule has 0 bridgehead atoms. The van der Waals surface area contributed by atoms with Crippen LogP contribution in [0.2, 0.25) is 0 Å². The van der Waals surface area contributed by atoms with Gasteiger partial charge in [-0.15, -0.1) is 0 Å². The van der Waals surface area contributed by atoms with Gasteiger partial charge in [0.15, 0.2) is 5.16 Å². The summed E-state index contributed by atoms with van der Waals surface area (Å²) in [4.78, 5) is 19.5. The molecule has 0 N–H and O–H groups in total. The first kappa shape index (κ1) is 21.7. The summed E-state index contributed by atoms with van der Waals surface area (Å²) in [6.07, 6.45) is 8.17. The van der Waals surface area contributed by atoms with E-state index in [4.69, 9.17) is 9.72 Å². The van der Waals surface area contributed by atoms with Gasteiger partial charge in [0, 0.05) is 23.6 Å². The Labute approximate surface area is 194 Å². The van der Waals surface area contributed by atoms with E-state index in [1.54, 1.807) is 0 Å². The summed E-state index contributed by atoms with van der Waals surface area (Å²) < 4.78 is 7.89. The van der Waals surface area contributed by atoms with Gasteiger partial charge in [0.1, 0.15) is 0 Å². The fraction of sp³-hybridized carbons (Fsp3) is 0.577. The second-order valence-corrected chi connectivity index (χ2v) is 11.1. The van der Waals surface area contributed by atoms with E-state index >= 15 is 0 Å². The minimum Gasteiger partial charge on any atom is -0.375 e. The molecule has 1 unspecified atom stereocenters. The lowest BCUT2D eigenvalue weighted by molar-refractivity contribution is -0.0710. The molecule has 1 saturated heterocycles. The number of ether oxygens (including phenoxy) is 1. The molecule has 3 aliphatic rings. The van der Waals surface area contributed by atoms with Crippen LogP contribution in [-0.2, 0) is 16.6 Å². The molecule has 0 radical (unpaired) electrons. The molecule has 6 heteroatoms. The van der Waals surface area contributed by atoms with Crippen LogP contribution in [0.25, 0.3) is 11.3 Å². The van der Waals surface area contributed by atoms with Crippen LogP contribution >= 0.6 is 11.8 Å². The minimum absolute atomic E-state index is 0.0445. The van der Waals surface area contributed by atoms with Gasteiger partial charge in [-0.05, 0) is 51.5 Å². The monoisotopic (exact) mass is 449 g/mol. The molecule has 5 nitrogen and oxygen atoms in total. The van der Waals surface area contributed by atoms with Crippen LogP contribution in [0.1, 0.15) is 76.0 Å². The van der Waals surface area contributed by atoms with Gasteiger partial charge in [0.05, 0.1) is 28.7 Å². The second-order valence-electron chi connectivity index (χ2n) is 10.2. The van der Waals surface area contributed by atoms with E-state index in [0.717, 1.165) is 61.8 Å². The summed E-state index contributed by atoms with van der Waals surface area (Å²) in [5, 5.41) is 9.95. The molecule has 2 aromatic rings. The molecule has 168 valence electrons. The van der Waals surface area contributed by atoms with E-state index in [1.807, 2.05) is 10.6 Å². The number of hydrogen-bond acceptors (Lipinski definition) is 5. The van der Waals surface area contributed by atoms with Crippen molar-refractivity contribution in [3.05, 3.63) is 45.7 Å². The zero-order valence-electron chi connectivity index (χ0n) is 19.0. The van der Waals surface area contributed by atoms with E-state index in [1.165, 1.54) is 23.7 Å². The molecule has 5 rings (SSSR count). The molecular formula is C26H31N3O2S. The number of nitrogens with zero attached hydrogens (tertiary/aromatic N) is 3. The van der Waals surface area contributed by atoms with Gasteiger partial charge in [-0.25, -0.2) is 4.98 Å². The average molecular weight is 450 g/mol. The number of fused-ring (bicyclic) bond motifs is 4. The molecule has 2 fully saturated rings. The highest BCUT2D eigenvalue weighted by atomic mass is 32.2. The quantitative estimate of drug-likeness (QED) is 0.463. The molecule has 1 saturated carbocycles. The minimum atomic E-state index is -0.273. The molecule has 1 aromatic carbocycles. The lowest BCUT2D eigenvalue weighted by Gasteiger charge is -2.43. The molecule has 2 aliphatic carbocycles. The lowest BCUT2D eigenvalue weighted by atomic mass is 9.62. The molecule has 32 heavy (non-hydrogen) atoms. The molecule has 0 amide bonds. The third-order valence-electron chi connectivity index (χ3n) is 7.53. The van der Waals surface area contributed by atoms with E-state index in [0.29, 0.717) is 11.8 Å². The van der Waals surface area contributed by atoms with Crippen LogP contribution in [0.5, 0.6) is 0 Å². The van der Waals surface area contributed by atoms with E-state index < -0.39 is 0 Å². The molecule has 1 atom stereocenters. The Bertz CT molecular complexity index is 1120. The number of rotatable bonds is 3. The normalized spacial score (nSPS) is 23.2. The van der Waals surface area contributed by atoms with Crippen LogP contribution in [0.4, 0.5) is 0 Å². The zero-order chi connectivity index (χ0) is 22.3. The molecular weight excluding hydrogens is 418 g/mol. The van der Waals surface area contributed by atoms with Crippen molar-refractivity contribution in [2.24, 2.45) is 0 Å². The van der Waals surface area contributed by atoms with Gasteiger partial charge in [0.25, 0.3) is 5.56 Å². The van der Waals surface area contributed by atoms with Gasteiger partial charge in [-0.3, -0.25) is 9.36 Å². The van der Waals surface area contributed by atoms with E-state index in [9.17, 15) is 10.1 Å². The van der Waals surface area contributed by atoms with Crippen molar-refractivity contribution in [3.63, 3.8) is 0 Å². The summed E-state index contributed by atoms with van der Waals surface area (Å²) in [5.74, 6) is 0.282. The number of hydrogen-bond donors (Lipinski definition) is 0. The van der Waals surface area contributed by atoms with Crippen LogP contribution < -0.4 is 5.56 Å². The Kier molecular flexibility index (Phi) is 5.67. The fourth-order valence-electron chi connectivity index (χ4n) is 6.14. The topological polar surface area (TPSA) is 67.9 Å². The van der Waals surface area contributed by atoms with Gasteiger partial charge < -0.3 is 4.74 Å². The Morgan fingerprint density at radius 1 is 1.25 bits per heavy atom. The maximum atomic E-state index is 14.4. The number of nitriles is 1. The Balaban J connectivity index is 1.75. The molecule has 1 aromatic heterocycles. The van der Waals surface area contributed by atoms with Crippen molar-refractivity contribution in [3.8, 4) is 17.3 Å². The summed E-state index contributed by atoms with van der Waals surface area (Å²) in [6.45, 7) is 4.82. The third kappa shape index (κ3) is 3.70. The standard InChI is InChI=1S/C26H31N3O2S/c1-25(2)17-19(10-14-31-25)29-23(30)21-22(28-24(29)32-15-13-27)20-9-5-4-8-18(20)16-26(21)11-6-3-7-12-26/h4-5,8-9,19H,3,6-7,10-12,14-17H2,1-2H3. The summed E-state index contributed by atoms with van der Waals surface area (Å²) in [7, 11) is 0. The lowest BCUT2D eigenvalue weighted by Crippen LogP contribution is -2.45. The summed E-state index contributed by atoms with van der Waals surface area (Å²) in [5.41, 5.74) is 3.92. The molecule has 2 heterocycles. The van der Waals surface area contributed by atoms with Crippen LogP contribution in [0.15, 0.2) is 34.2 Å². The number of aromatic nitrogens is 2. The first-order valence-electron chi connectivity index (χ1n) is 11.8. The van der Waals surface area contributed by atoms with Crippen molar-refractivity contribution < 1.29 is 4.74 Å². The number of benzene rings is 1. The Hall–Kier alpha value is -2.10. The van der Waals surface area contributed by atoms with Crippen LogP contribution in [0.3, 0.4) is 0 Å². The smallest absolute Gasteiger partial charge is 0.258 e. The van der Waals surface area contributed by atoms with Crippen LogP contribution in [-0.4, -0.2) is 27.5 Å². The first-order chi connectivity index (χ1) is 15.4. The van der Waals surface area contributed by atoms with Crippen molar-refractivity contribution in [2.75, 3.05) is 12.4 Å². The van der Waals surface area contributed by atoms with Gasteiger partial charge in [0.2, 0.25) is 0 Å². The molecule has 1 aliphatic heterocycles. The SMILES string of the molecule is CC1(C)CC(n2c(SCC#N)nc3c(c2=O)C2(CCCCC2)Cc2ccccc2-3)CCO1. The maximum absolute atomic E-state index is 14.4. The predicted octanol–water partition coefficient (Wildman–Crippen LogP) is 5.41. The molecule has 1 spiro atoms. The first-order valence-corrected chi connectivity index (χ1v) is 12.8. The van der Waals surface area contributed by atoms with Crippen molar-refractivity contribution in [1.29, 1.82) is 5.26 Å². The van der Waals surface area contributed by atoms with E-state index in [-0.39, 0.29) is 28.4 Å². The van der Waals surface area contributed by atoms with Gasteiger partial charge in [-0.1, -0.05) is 55.3 Å². The largest absolute Gasteiger partial charge is 0.375 e. The maximum Gasteiger partial charge on any atom is 0.258 e. The van der Waals surface area contributed by atoms with E-state index in [2.05, 4.69) is 38.1 Å². The predicted molar refractivity (Wildman–Crippen MR) is 127 cm³/mol. The van der Waals surface area contributed by atoms with Crippen molar-refractivity contribution in [2.45, 2.75) is 87.4 Å². The highest BCUT2D eigenvalue weighted by Gasteiger charge is 2.44. The second kappa shape index (κ2) is 8.35. The van der Waals surface area contributed by atoms with Gasteiger partial charge in [-0.2, -0.15) is 5.26 Å². The third-order valence-corrected chi connectivity index (χ3v) is 8.35. The van der Waals surface area contributed by atoms with Crippen molar-refractivity contribution >= 4 is 11.8 Å².